The Bertz CT molecular complexity index is 253. The molecule has 0 amide bonds. The Morgan fingerprint density at radius 2 is 1.78 bits per heavy atom. The molecule has 0 aromatic rings. The maximum atomic E-state index is 10.6. The van der Waals surface area contributed by atoms with Gasteiger partial charge in [0.1, 0.15) is 0 Å². The molecule has 5 nitrogen and oxygen atoms in total. The topological polar surface area (TPSA) is 72.8 Å². The van der Waals surface area contributed by atoms with Crippen molar-refractivity contribution in [2.75, 3.05) is 26.6 Å². The van der Waals surface area contributed by atoms with E-state index in [0.29, 0.717) is 0 Å². The first kappa shape index (κ1) is 25.1. The summed E-state index contributed by atoms with van der Waals surface area (Å²) >= 11 is 0. The summed E-state index contributed by atoms with van der Waals surface area (Å²) in [5.41, 5.74) is 0. The molecular weight excluding hydrogens is 523 g/mol. The van der Waals surface area contributed by atoms with Crippen LogP contribution in [0.25, 0.3) is 0 Å². The summed E-state index contributed by atoms with van der Waals surface area (Å²) in [7, 11) is -3.05. The van der Waals surface area contributed by atoms with Crippen LogP contribution in [0.2, 0.25) is 0 Å². The van der Waals surface area contributed by atoms with Gasteiger partial charge in [-0.1, -0.05) is 13.0 Å². The largest absolute Gasteiger partial charge is 0.422 e. The molecule has 0 aromatic carbocycles. The predicted octanol–water partition coefficient (Wildman–Crippen LogP) is 1.26. The Hall–Kier alpha value is 2.13. The van der Waals surface area contributed by atoms with Crippen molar-refractivity contribution in [3.8, 4) is 0 Å². The quantitative estimate of drug-likeness (QED) is 0.429. The van der Waals surface area contributed by atoms with Crippen LogP contribution < -0.4 is 0 Å². The molecule has 0 aromatic heterocycles. The van der Waals surface area contributed by atoms with Crippen molar-refractivity contribution < 1.29 is 77.3 Å². The molecule has 4 unspecified atom stereocenters. The molecule has 9 heteroatoms. The van der Waals surface area contributed by atoms with Crippen LogP contribution in [-0.4, -0.2) is 50.0 Å². The summed E-state index contributed by atoms with van der Waals surface area (Å²) in [4.78, 5) is 0. The maximum absolute atomic E-state index is 10.6. The first-order valence-electron chi connectivity index (χ1n) is 5.12. The van der Waals surface area contributed by atoms with E-state index in [4.69, 9.17) is 9.26 Å². The molecule has 1 heterocycles. The molecule has 1 radical (unpaired) electrons. The predicted molar refractivity (Wildman–Crippen MR) is 66.4 cm³/mol. The number of hydrogen-bond donors (Lipinski definition) is 1. The molecule has 1 N–H and O–H groups in total. The van der Waals surface area contributed by atoms with Gasteiger partial charge in [-0.15, -0.1) is 0 Å². The third kappa shape index (κ3) is 14.5. The monoisotopic (exact) mass is 544 g/mol. The van der Waals surface area contributed by atoms with Crippen molar-refractivity contribution in [1.82, 2.24) is 0 Å². The molecule has 1 aliphatic rings. The molecule has 18 heavy (non-hydrogen) atoms. The zero-order chi connectivity index (χ0) is 12.7. The van der Waals surface area contributed by atoms with E-state index in [1.54, 1.807) is 19.8 Å². The molecule has 0 bridgehead atoms. The molecule has 1 saturated heterocycles. The fourth-order valence-electron chi connectivity index (χ4n) is 1.14. The Morgan fingerprint density at radius 3 is 2.06 bits per heavy atom. The van der Waals surface area contributed by atoms with E-state index in [9.17, 15) is 14.2 Å². The molecule has 0 spiro atoms. The number of ether oxygens (including phenoxy) is 1. The van der Waals surface area contributed by atoms with Gasteiger partial charge in [0.15, 0.2) is 8.03 Å². The fraction of sp³-hybridized carbons (Fsp3) is 0.889. The molecule has 1 aliphatic heterocycles. The van der Waals surface area contributed by atoms with E-state index in [1.807, 2.05) is 6.92 Å². The van der Waals surface area contributed by atoms with E-state index in [2.05, 4.69) is 0 Å². The summed E-state index contributed by atoms with van der Waals surface area (Å²) in [5.74, 6) is 0. The van der Waals surface area contributed by atoms with Gasteiger partial charge < -0.3 is 18.9 Å². The maximum Gasteiger partial charge on any atom is 0.188 e. The Balaban J connectivity index is -0.000000332. The minimum atomic E-state index is -1.92. The second-order valence-corrected chi connectivity index (χ2v) is 6.86. The summed E-state index contributed by atoms with van der Waals surface area (Å²) in [5, 5.41) is 9.32. The van der Waals surface area contributed by atoms with Gasteiger partial charge in [-0.2, -0.15) is 0 Å². The van der Waals surface area contributed by atoms with Crippen molar-refractivity contribution in [2.24, 2.45) is 0 Å². The minimum Gasteiger partial charge on any atom is -0.422 e. The normalized spacial score (nSPS) is 27.6. The molecular formula is C9H21O5P2WY-. The van der Waals surface area contributed by atoms with Crippen molar-refractivity contribution in [3.05, 3.63) is 6.42 Å². The molecule has 0 aliphatic carbocycles. The second-order valence-electron chi connectivity index (χ2n) is 3.77. The van der Waals surface area contributed by atoms with Crippen LogP contribution in [-0.2, 0) is 72.2 Å². The van der Waals surface area contributed by atoms with E-state index in [1.165, 1.54) is 6.66 Å². The summed E-state index contributed by atoms with van der Waals surface area (Å²) in [6.45, 7) is 6.99. The van der Waals surface area contributed by atoms with E-state index < -0.39 is 21.9 Å². The van der Waals surface area contributed by atoms with Gasteiger partial charge in [0.2, 0.25) is 0 Å². The number of aliphatic hydroxyl groups excluding tert-OH is 1. The van der Waals surface area contributed by atoms with Crippen molar-refractivity contribution in [3.63, 3.8) is 0 Å². The zero-order valence-electron chi connectivity index (χ0n) is 11.1. The van der Waals surface area contributed by atoms with Crippen molar-refractivity contribution in [2.45, 2.75) is 25.2 Å². The van der Waals surface area contributed by atoms with E-state index in [0.717, 1.165) is 0 Å². The smallest absolute Gasteiger partial charge is 0.188 e. The van der Waals surface area contributed by atoms with Gasteiger partial charge in [0.25, 0.3) is 0 Å². The summed E-state index contributed by atoms with van der Waals surface area (Å²) in [6, 6.07) is 0. The van der Waals surface area contributed by atoms with Gasteiger partial charge in [-0.3, -0.25) is 11.0 Å². The van der Waals surface area contributed by atoms with Crippen LogP contribution in [0.15, 0.2) is 0 Å². The SMILES string of the molecule is CC1[CH-]C(O)C(CO[PH](C)=O)O1.C[PH](C)=O.[W].[Y]. The van der Waals surface area contributed by atoms with Crippen LogP contribution in [0, 0.1) is 6.42 Å². The fourth-order valence-corrected chi connectivity index (χ4v) is 1.54. The molecule has 1 rings (SSSR count). The summed E-state index contributed by atoms with van der Waals surface area (Å²) < 4.78 is 30.4. The van der Waals surface area contributed by atoms with Crippen LogP contribution >= 0.6 is 15.8 Å². The number of aliphatic hydroxyl groups is 1. The Morgan fingerprint density at radius 1 is 1.33 bits per heavy atom. The van der Waals surface area contributed by atoms with Crippen LogP contribution in [0.1, 0.15) is 6.92 Å². The van der Waals surface area contributed by atoms with Gasteiger partial charge in [-0.05, 0) is 19.4 Å². The molecule has 1 fully saturated rings. The second kappa shape index (κ2) is 14.1. The molecule has 4 atom stereocenters. The average Bonchev–Trinajstić information content (AvgIpc) is 2.40. The van der Waals surface area contributed by atoms with E-state index in [-0.39, 0.29) is 72.6 Å². The standard InChI is InChI=1S/C7H14O4P.C2H7OP.W.Y/c1-5-3-6(8)7(11-5)4-10-12(2)9;1-4(2)3;;/h3,5-8,12H,4H2,1-2H3;4H,1-2H3;;/q-1;;;. The van der Waals surface area contributed by atoms with Gasteiger partial charge in [0.05, 0.1) is 20.5 Å². The van der Waals surface area contributed by atoms with Gasteiger partial charge >= 0.3 is 0 Å². The van der Waals surface area contributed by atoms with Gasteiger partial charge in [-0.25, -0.2) is 0 Å². The summed E-state index contributed by atoms with van der Waals surface area (Å²) in [6.07, 6.45) is 0.698. The average molecular weight is 544 g/mol. The van der Waals surface area contributed by atoms with Gasteiger partial charge in [0, 0.05) is 60.4 Å². The minimum absolute atomic E-state index is 0. The Labute approximate surface area is 150 Å². The van der Waals surface area contributed by atoms with Crippen LogP contribution in [0.5, 0.6) is 0 Å². The Kier molecular flexibility index (Phi) is 19.6. The third-order valence-electron chi connectivity index (χ3n) is 1.69. The molecule has 0 saturated carbocycles. The van der Waals surface area contributed by atoms with Crippen molar-refractivity contribution in [1.29, 1.82) is 0 Å². The first-order valence-corrected chi connectivity index (χ1v) is 9.34. The first-order chi connectivity index (χ1) is 7.32. The molecule has 107 valence electrons. The van der Waals surface area contributed by atoms with Crippen molar-refractivity contribution >= 4 is 15.8 Å². The van der Waals surface area contributed by atoms with E-state index >= 15 is 0 Å². The number of rotatable bonds is 3. The van der Waals surface area contributed by atoms with Crippen LogP contribution in [0.3, 0.4) is 0 Å². The zero-order valence-corrected chi connectivity index (χ0v) is 18.9. The third-order valence-corrected chi connectivity index (χ3v) is 2.26. The number of hydrogen-bond acceptors (Lipinski definition) is 5. The van der Waals surface area contributed by atoms with Crippen LogP contribution in [0.4, 0.5) is 0 Å².